The standard InChI is InChI=1S/C11H23F2N3/c1-2-16-6-3-4-11(9-14,5-7-16)15-8-10(12)13/h10,15H,2-9,14H2,1H3. The molecule has 1 aliphatic rings. The highest BCUT2D eigenvalue weighted by atomic mass is 19.3. The van der Waals surface area contributed by atoms with Crippen LogP contribution >= 0.6 is 0 Å². The average Bonchev–Trinajstić information content (AvgIpc) is 2.49. The molecular formula is C11H23F2N3. The van der Waals surface area contributed by atoms with Crippen molar-refractivity contribution in [3.05, 3.63) is 0 Å². The summed E-state index contributed by atoms with van der Waals surface area (Å²) in [4.78, 5) is 2.35. The van der Waals surface area contributed by atoms with Gasteiger partial charge in [0.25, 0.3) is 6.43 Å². The number of rotatable bonds is 5. The molecule has 16 heavy (non-hydrogen) atoms. The Hall–Kier alpha value is -0.260. The molecule has 96 valence electrons. The van der Waals surface area contributed by atoms with E-state index in [2.05, 4.69) is 17.1 Å². The second kappa shape index (κ2) is 6.47. The van der Waals surface area contributed by atoms with E-state index in [9.17, 15) is 8.78 Å². The Morgan fingerprint density at radius 3 is 2.69 bits per heavy atom. The van der Waals surface area contributed by atoms with Crippen molar-refractivity contribution < 1.29 is 8.78 Å². The first-order chi connectivity index (χ1) is 7.62. The normalized spacial score (nSPS) is 28.3. The van der Waals surface area contributed by atoms with E-state index in [0.717, 1.165) is 38.9 Å². The van der Waals surface area contributed by atoms with Crippen molar-refractivity contribution >= 4 is 0 Å². The Bertz CT molecular complexity index is 202. The van der Waals surface area contributed by atoms with Crippen molar-refractivity contribution in [1.82, 2.24) is 10.2 Å². The lowest BCUT2D eigenvalue weighted by Crippen LogP contribution is -2.53. The molecule has 0 aromatic carbocycles. The van der Waals surface area contributed by atoms with Gasteiger partial charge in [-0.1, -0.05) is 6.92 Å². The smallest absolute Gasteiger partial charge is 0.250 e. The zero-order chi connectivity index (χ0) is 12.0. The molecule has 5 heteroatoms. The van der Waals surface area contributed by atoms with E-state index in [4.69, 9.17) is 5.73 Å². The van der Waals surface area contributed by atoms with Crippen LogP contribution in [0.4, 0.5) is 8.78 Å². The predicted octanol–water partition coefficient (Wildman–Crippen LogP) is 1.04. The maximum absolute atomic E-state index is 12.2. The third kappa shape index (κ3) is 3.96. The second-order valence-corrected chi connectivity index (χ2v) is 4.54. The van der Waals surface area contributed by atoms with Crippen LogP contribution in [0.5, 0.6) is 0 Å². The van der Waals surface area contributed by atoms with Crippen LogP contribution in [0.3, 0.4) is 0 Å². The Balaban J connectivity index is 2.51. The van der Waals surface area contributed by atoms with Gasteiger partial charge in [-0.2, -0.15) is 0 Å². The van der Waals surface area contributed by atoms with E-state index < -0.39 is 6.43 Å². The van der Waals surface area contributed by atoms with Crippen molar-refractivity contribution in [3.8, 4) is 0 Å². The van der Waals surface area contributed by atoms with Gasteiger partial charge in [0.2, 0.25) is 0 Å². The van der Waals surface area contributed by atoms with Crippen molar-refractivity contribution in [2.24, 2.45) is 5.73 Å². The minimum atomic E-state index is -2.30. The SMILES string of the molecule is CCN1CCCC(CN)(NCC(F)F)CC1. The summed E-state index contributed by atoms with van der Waals surface area (Å²) in [6.45, 7) is 5.34. The average molecular weight is 235 g/mol. The molecule has 1 heterocycles. The maximum atomic E-state index is 12.2. The molecule has 0 saturated carbocycles. The summed E-state index contributed by atoms with van der Waals surface area (Å²) in [6, 6.07) is 0. The first-order valence-electron chi connectivity index (χ1n) is 6.07. The highest BCUT2D eigenvalue weighted by Crippen LogP contribution is 2.21. The molecule has 3 N–H and O–H groups in total. The van der Waals surface area contributed by atoms with Crippen LogP contribution in [-0.2, 0) is 0 Å². The monoisotopic (exact) mass is 235 g/mol. The number of nitrogens with two attached hydrogens (primary N) is 1. The molecule has 0 spiro atoms. The number of hydrogen-bond donors (Lipinski definition) is 2. The van der Waals surface area contributed by atoms with Crippen molar-refractivity contribution in [2.75, 3.05) is 32.7 Å². The Morgan fingerprint density at radius 1 is 1.38 bits per heavy atom. The molecular weight excluding hydrogens is 212 g/mol. The summed E-state index contributed by atoms with van der Waals surface area (Å²) in [5.41, 5.74) is 5.48. The van der Waals surface area contributed by atoms with Crippen LogP contribution in [-0.4, -0.2) is 49.6 Å². The van der Waals surface area contributed by atoms with Crippen LogP contribution in [0.2, 0.25) is 0 Å². The van der Waals surface area contributed by atoms with Crippen molar-refractivity contribution in [3.63, 3.8) is 0 Å². The van der Waals surface area contributed by atoms with E-state index in [-0.39, 0.29) is 12.1 Å². The lowest BCUT2D eigenvalue weighted by Gasteiger charge is -2.32. The molecule has 1 rings (SSSR count). The van der Waals surface area contributed by atoms with Gasteiger partial charge in [-0.05, 0) is 38.9 Å². The Labute approximate surface area is 96.4 Å². The molecule has 0 aromatic heterocycles. The third-order valence-electron chi connectivity index (χ3n) is 3.51. The van der Waals surface area contributed by atoms with Crippen LogP contribution in [0.15, 0.2) is 0 Å². The van der Waals surface area contributed by atoms with Gasteiger partial charge in [0.15, 0.2) is 0 Å². The molecule has 0 aliphatic carbocycles. The zero-order valence-electron chi connectivity index (χ0n) is 10.0. The third-order valence-corrected chi connectivity index (χ3v) is 3.51. The van der Waals surface area contributed by atoms with Crippen LogP contribution in [0.25, 0.3) is 0 Å². The second-order valence-electron chi connectivity index (χ2n) is 4.54. The number of halogens is 2. The predicted molar refractivity (Wildman–Crippen MR) is 61.8 cm³/mol. The highest BCUT2D eigenvalue weighted by molar-refractivity contribution is 4.92. The van der Waals surface area contributed by atoms with Gasteiger partial charge in [0.05, 0.1) is 6.54 Å². The van der Waals surface area contributed by atoms with Gasteiger partial charge in [0.1, 0.15) is 0 Å². The summed E-state index contributed by atoms with van der Waals surface area (Å²) in [7, 11) is 0. The Kier molecular flexibility index (Phi) is 5.58. The topological polar surface area (TPSA) is 41.3 Å². The number of alkyl halides is 2. The largest absolute Gasteiger partial charge is 0.329 e. The summed E-state index contributed by atoms with van der Waals surface area (Å²) >= 11 is 0. The van der Waals surface area contributed by atoms with Gasteiger partial charge < -0.3 is 16.0 Å². The fourth-order valence-corrected chi connectivity index (χ4v) is 2.31. The summed E-state index contributed by atoms with van der Waals surface area (Å²) < 4.78 is 24.5. The first-order valence-corrected chi connectivity index (χ1v) is 6.07. The molecule has 3 nitrogen and oxygen atoms in total. The molecule has 1 aliphatic heterocycles. The van der Waals surface area contributed by atoms with Crippen molar-refractivity contribution in [1.29, 1.82) is 0 Å². The highest BCUT2D eigenvalue weighted by Gasteiger charge is 2.31. The lowest BCUT2D eigenvalue weighted by atomic mass is 9.90. The van der Waals surface area contributed by atoms with Gasteiger partial charge in [-0.15, -0.1) is 0 Å². The molecule has 0 bridgehead atoms. The first kappa shape index (κ1) is 13.8. The molecule has 0 radical (unpaired) electrons. The molecule has 1 unspecified atom stereocenters. The van der Waals surface area contributed by atoms with Crippen LogP contribution < -0.4 is 11.1 Å². The zero-order valence-corrected chi connectivity index (χ0v) is 10.0. The van der Waals surface area contributed by atoms with Crippen LogP contribution in [0, 0.1) is 0 Å². The fraction of sp³-hybridized carbons (Fsp3) is 1.00. The summed E-state index contributed by atoms with van der Waals surface area (Å²) in [6.07, 6.45) is 0.492. The summed E-state index contributed by atoms with van der Waals surface area (Å²) in [5.74, 6) is 0. The van der Waals surface area contributed by atoms with Gasteiger partial charge in [0, 0.05) is 12.1 Å². The van der Waals surface area contributed by atoms with E-state index in [1.165, 1.54) is 0 Å². The number of likely N-dealkylation sites (tertiary alicyclic amines) is 1. The van der Waals surface area contributed by atoms with Gasteiger partial charge in [-0.3, -0.25) is 0 Å². The molecule has 0 aromatic rings. The molecule has 1 saturated heterocycles. The lowest BCUT2D eigenvalue weighted by molar-refractivity contribution is 0.125. The fourth-order valence-electron chi connectivity index (χ4n) is 2.31. The number of nitrogens with zero attached hydrogens (tertiary/aromatic N) is 1. The van der Waals surface area contributed by atoms with Crippen molar-refractivity contribution in [2.45, 2.75) is 38.2 Å². The van der Waals surface area contributed by atoms with Gasteiger partial charge >= 0.3 is 0 Å². The minimum absolute atomic E-state index is 0.247. The van der Waals surface area contributed by atoms with E-state index in [1.807, 2.05) is 0 Å². The Morgan fingerprint density at radius 2 is 2.12 bits per heavy atom. The number of hydrogen-bond acceptors (Lipinski definition) is 3. The van der Waals surface area contributed by atoms with E-state index >= 15 is 0 Å². The molecule has 1 fully saturated rings. The van der Waals surface area contributed by atoms with E-state index in [0.29, 0.717) is 6.54 Å². The summed E-state index contributed by atoms with van der Waals surface area (Å²) in [5, 5.41) is 2.97. The molecule has 1 atom stereocenters. The number of nitrogens with one attached hydrogen (secondary N) is 1. The van der Waals surface area contributed by atoms with E-state index in [1.54, 1.807) is 0 Å². The quantitative estimate of drug-likeness (QED) is 0.748. The van der Waals surface area contributed by atoms with Crippen LogP contribution in [0.1, 0.15) is 26.2 Å². The minimum Gasteiger partial charge on any atom is -0.329 e. The maximum Gasteiger partial charge on any atom is 0.250 e. The molecule has 0 amide bonds. The van der Waals surface area contributed by atoms with Gasteiger partial charge in [-0.25, -0.2) is 8.78 Å².